The van der Waals surface area contributed by atoms with Crippen LogP contribution in [0.15, 0.2) is 41.2 Å². The van der Waals surface area contributed by atoms with E-state index < -0.39 is 0 Å². The van der Waals surface area contributed by atoms with Gasteiger partial charge in [-0.15, -0.1) is 0 Å². The molecular weight excluding hydrogens is 294 g/mol. The summed E-state index contributed by atoms with van der Waals surface area (Å²) in [7, 11) is 0. The lowest BCUT2D eigenvalue weighted by Crippen LogP contribution is -2.36. The van der Waals surface area contributed by atoms with Crippen molar-refractivity contribution in [3.05, 3.63) is 52.4 Å². The number of aromatic nitrogens is 4. The molecule has 0 spiro atoms. The van der Waals surface area contributed by atoms with Crippen LogP contribution in [0.1, 0.15) is 5.69 Å². The zero-order valence-electron chi connectivity index (χ0n) is 12.6. The Morgan fingerprint density at radius 3 is 2.70 bits per heavy atom. The Kier molecular flexibility index (Phi) is 3.64. The van der Waals surface area contributed by atoms with Crippen molar-refractivity contribution in [2.45, 2.75) is 6.54 Å². The van der Waals surface area contributed by atoms with Gasteiger partial charge in [-0.2, -0.15) is 9.50 Å². The van der Waals surface area contributed by atoms with E-state index in [1.165, 1.54) is 4.52 Å². The first-order valence-corrected chi connectivity index (χ1v) is 7.64. The van der Waals surface area contributed by atoms with Gasteiger partial charge in [0.15, 0.2) is 5.82 Å². The second kappa shape index (κ2) is 5.94. The lowest BCUT2D eigenvalue weighted by Gasteiger charge is -2.25. The van der Waals surface area contributed by atoms with Gasteiger partial charge in [-0.05, 0) is 0 Å². The van der Waals surface area contributed by atoms with Crippen molar-refractivity contribution in [3.63, 3.8) is 0 Å². The van der Waals surface area contributed by atoms with Crippen molar-refractivity contribution in [2.24, 2.45) is 0 Å². The predicted molar refractivity (Wildman–Crippen MR) is 85.1 cm³/mol. The molecule has 3 heterocycles. The molecule has 1 aliphatic rings. The largest absolute Gasteiger partial charge is 0.379 e. The second-order valence-electron chi connectivity index (χ2n) is 5.55. The lowest BCUT2D eigenvalue weighted by molar-refractivity contribution is 0.0336. The first kappa shape index (κ1) is 14.1. The molecule has 1 fully saturated rings. The molecule has 7 nitrogen and oxygen atoms in total. The number of fused-ring (bicyclic) bond motifs is 1. The zero-order chi connectivity index (χ0) is 15.6. The fraction of sp³-hybridized carbons (Fsp3) is 0.312. The number of ether oxygens (including phenoxy) is 1. The molecule has 0 radical (unpaired) electrons. The summed E-state index contributed by atoms with van der Waals surface area (Å²) in [6, 6.07) is 11.3. The van der Waals surface area contributed by atoms with Crippen molar-refractivity contribution in [2.75, 3.05) is 26.3 Å². The highest BCUT2D eigenvalue weighted by Crippen LogP contribution is 2.14. The van der Waals surface area contributed by atoms with E-state index in [0.717, 1.165) is 37.6 Å². The van der Waals surface area contributed by atoms with Gasteiger partial charge in [-0.1, -0.05) is 30.3 Å². The number of aromatic amines is 1. The summed E-state index contributed by atoms with van der Waals surface area (Å²) in [5, 5.41) is 3.01. The van der Waals surface area contributed by atoms with Crippen LogP contribution in [0.5, 0.6) is 0 Å². The Labute approximate surface area is 132 Å². The first-order valence-electron chi connectivity index (χ1n) is 7.64. The second-order valence-corrected chi connectivity index (χ2v) is 5.55. The number of hydrogen-bond acceptors (Lipinski definition) is 5. The van der Waals surface area contributed by atoms with Gasteiger partial charge in [-0.3, -0.25) is 14.8 Å². The van der Waals surface area contributed by atoms with Crippen molar-refractivity contribution < 1.29 is 4.74 Å². The maximum atomic E-state index is 12.3. The third kappa shape index (κ3) is 2.88. The number of hydrogen-bond donors (Lipinski definition) is 1. The maximum Gasteiger partial charge on any atom is 0.274 e. The molecule has 1 aromatic carbocycles. The van der Waals surface area contributed by atoms with Crippen LogP contribution < -0.4 is 5.56 Å². The molecule has 0 unspecified atom stereocenters. The topological polar surface area (TPSA) is 75.5 Å². The van der Waals surface area contributed by atoms with Gasteiger partial charge in [0.2, 0.25) is 0 Å². The van der Waals surface area contributed by atoms with Crippen molar-refractivity contribution in [1.29, 1.82) is 0 Å². The maximum absolute atomic E-state index is 12.3. The molecule has 2 aromatic heterocycles. The molecule has 23 heavy (non-hydrogen) atoms. The molecule has 1 N–H and O–H groups in total. The Morgan fingerprint density at radius 2 is 1.91 bits per heavy atom. The number of nitrogens with one attached hydrogen (secondary N) is 1. The summed E-state index contributed by atoms with van der Waals surface area (Å²) >= 11 is 0. The fourth-order valence-electron chi connectivity index (χ4n) is 2.72. The smallest absolute Gasteiger partial charge is 0.274 e. The molecular formula is C16H17N5O2. The Bertz CT molecular complexity index is 865. The van der Waals surface area contributed by atoms with Crippen LogP contribution in [0, 0.1) is 0 Å². The van der Waals surface area contributed by atoms with Crippen LogP contribution in [-0.2, 0) is 11.3 Å². The standard InChI is InChI=1S/C16H17N5O2/c22-14-10-13(11-20-6-8-23-9-7-20)17-16-18-15(19-21(14)16)12-4-2-1-3-5-12/h1-5,10H,6-9,11H2,(H,17,18,19). The quantitative estimate of drug-likeness (QED) is 0.778. The van der Waals surface area contributed by atoms with E-state index >= 15 is 0 Å². The van der Waals surface area contributed by atoms with E-state index in [1.54, 1.807) is 6.07 Å². The highest BCUT2D eigenvalue weighted by molar-refractivity contribution is 5.56. The van der Waals surface area contributed by atoms with E-state index in [9.17, 15) is 4.79 Å². The van der Waals surface area contributed by atoms with Gasteiger partial charge in [0, 0.05) is 31.3 Å². The van der Waals surface area contributed by atoms with Gasteiger partial charge in [0.25, 0.3) is 11.3 Å². The molecule has 1 aliphatic heterocycles. The Balaban J connectivity index is 1.68. The van der Waals surface area contributed by atoms with Gasteiger partial charge in [-0.25, -0.2) is 4.98 Å². The van der Waals surface area contributed by atoms with E-state index in [2.05, 4.69) is 20.0 Å². The predicted octanol–water partition coefficient (Wildman–Crippen LogP) is 0.917. The third-order valence-electron chi connectivity index (χ3n) is 3.92. The van der Waals surface area contributed by atoms with E-state index in [1.807, 2.05) is 30.3 Å². The molecule has 7 heteroatoms. The number of H-pyrrole nitrogens is 1. The van der Waals surface area contributed by atoms with Crippen LogP contribution >= 0.6 is 0 Å². The van der Waals surface area contributed by atoms with Crippen LogP contribution in [0.2, 0.25) is 0 Å². The molecule has 0 saturated carbocycles. The van der Waals surface area contributed by atoms with Crippen LogP contribution in [0.3, 0.4) is 0 Å². The number of rotatable bonds is 3. The Hall–Kier alpha value is -2.51. The zero-order valence-corrected chi connectivity index (χ0v) is 12.6. The molecule has 0 atom stereocenters. The monoisotopic (exact) mass is 311 g/mol. The van der Waals surface area contributed by atoms with E-state index in [-0.39, 0.29) is 5.56 Å². The number of nitrogens with zero attached hydrogens (tertiary/aromatic N) is 4. The van der Waals surface area contributed by atoms with Crippen LogP contribution in [0.25, 0.3) is 17.2 Å². The summed E-state index contributed by atoms with van der Waals surface area (Å²) in [6.45, 7) is 3.81. The molecule has 3 aromatic rings. The van der Waals surface area contributed by atoms with Gasteiger partial charge < -0.3 is 4.74 Å². The normalized spacial score (nSPS) is 16.0. The summed E-state index contributed by atoms with van der Waals surface area (Å²) in [6.07, 6.45) is 0. The number of benzene rings is 1. The van der Waals surface area contributed by atoms with Crippen LogP contribution in [-0.4, -0.2) is 50.8 Å². The lowest BCUT2D eigenvalue weighted by atomic mass is 10.2. The highest BCUT2D eigenvalue weighted by atomic mass is 16.5. The molecule has 1 saturated heterocycles. The van der Waals surface area contributed by atoms with Crippen molar-refractivity contribution in [3.8, 4) is 11.4 Å². The van der Waals surface area contributed by atoms with Gasteiger partial charge in [0.1, 0.15) is 0 Å². The molecule has 0 amide bonds. The fourth-order valence-corrected chi connectivity index (χ4v) is 2.72. The van der Waals surface area contributed by atoms with E-state index in [0.29, 0.717) is 18.1 Å². The average Bonchev–Trinajstić information content (AvgIpc) is 3.01. The molecule has 4 rings (SSSR count). The minimum absolute atomic E-state index is 0.145. The van der Waals surface area contributed by atoms with Crippen molar-refractivity contribution >= 4 is 5.78 Å². The average molecular weight is 311 g/mol. The minimum atomic E-state index is -0.145. The minimum Gasteiger partial charge on any atom is -0.379 e. The number of morpholine rings is 1. The third-order valence-corrected chi connectivity index (χ3v) is 3.92. The van der Waals surface area contributed by atoms with Crippen LogP contribution in [0.4, 0.5) is 0 Å². The van der Waals surface area contributed by atoms with Gasteiger partial charge in [0.05, 0.1) is 18.9 Å². The summed E-state index contributed by atoms with van der Waals surface area (Å²) in [5.41, 5.74) is 1.52. The summed E-state index contributed by atoms with van der Waals surface area (Å²) < 4.78 is 6.72. The van der Waals surface area contributed by atoms with E-state index in [4.69, 9.17) is 4.74 Å². The molecule has 118 valence electrons. The highest BCUT2D eigenvalue weighted by Gasteiger charge is 2.14. The first-order chi connectivity index (χ1) is 11.3. The SMILES string of the molecule is O=c1cc(CN2CCOCC2)nc2nc(-c3ccccc3)[nH]n12. The summed E-state index contributed by atoms with van der Waals surface area (Å²) in [4.78, 5) is 23.5. The van der Waals surface area contributed by atoms with Crippen molar-refractivity contribution in [1.82, 2.24) is 24.5 Å². The molecule has 0 aliphatic carbocycles. The Morgan fingerprint density at radius 1 is 1.13 bits per heavy atom. The van der Waals surface area contributed by atoms with Gasteiger partial charge >= 0.3 is 0 Å². The molecule has 0 bridgehead atoms. The summed E-state index contributed by atoms with van der Waals surface area (Å²) in [5.74, 6) is 1.04.